The predicted octanol–water partition coefficient (Wildman–Crippen LogP) is 2.74. The van der Waals surface area contributed by atoms with Crippen molar-refractivity contribution < 1.29 is 9.90 Å². The van der Waals surface area contributed by atoms with Crippen LogP contribution in [-0.4, -0.2) is 16.3 Å². The van der Waals surface area contributed by atoms with Gasteiger partial charge in [-0.15, -0.1) is 0 Å². The Balaban J connectivity index is 2.68. The fourth-order valence-electron chi connectivity index (χ4n) is 1.35. The van der Waals surface area contributed by atoms with Gasteiger partial charge in [-0.25, -0.2) is 0 Å². The highest BCUT2D eigenvalue weighted by Crippen LogP contribution is 2.16. The number of carbonyl (C=O) groups is 1. The number of aliphatic carboxylic acids is 1. The summed E-state index contributed by atoms with van der Waals surface area (Å²) >= 11 is 4.00. The van der Waals surface area contributed by atoms with Crippen LogP contribution in [0.4, 0.5) is 0 Å². The maximum atomic E-state index is 10.6. The molecule has 0 amide bonds. The van der Waals surface area contributed by atoms with Crippen LogP contribution in [-0.2, 0) is 11.2 Å². The molecule has 0 aliphatic heterocycles. The van der Waals surface area contributed by atoms with E-state index in [1.165, 1.54) is 5.56 Å². The Bertz CT molecular complexity index is 330. The Morgan fingerprint density at radius 2 is 1.87 bits per heavy atom. The van der Waals surface area contributed by atoms with Crippen molar-refractivity contribution in [1.82, 2.24) is 0 Å². The molecule has 1 rings (SSSR count). The Morgan fingerprint density at radius 1 is 1.33 bits per heavy atom. The normalized spacial score (nSPS) is 12.8. The third-order valence-corrected chi connectivity index (χ3v) is 2.76. The number of rotatable bonds is 4. The van der Waals surface area contributed by atoms with Crippen molar-refractivity contribution in [1.29, 1.82) is 0 Å². The predicted molar refractivity (Wildman–Crippen MR) is 64.6 cm³/mol. The van der Waals surface area contributed by atoms with Gasteiger partial charge in [0.2, 0.25) is 0 Å². The highest BCUT2D eigenvalue weighted by atomic mass is 32.1. The van der Waals surface area contributed by atoms with E-state index in [1.54, 1.807) is 0 Å². The van der Waals surface area contributed by atoms with Crippen LogP contribution in [0.25, 0.3) is 0 Å². The van der Waals surface area contributed by atoms with Gasteiger partial charge in [-0.05, 0) is 23.5 Å². The van der Waals surface area contributed by atoms with E-state index in [9.17, 15) is 4.79 Å². The second-order valence-corrected chi connectivity index (χ2v) is 4.58. The molecule has 0 aliphatic rings. The van der Waals surface area contributed by atoms with E-state index in [0.717, 1.165) is 5.56 Å². The minimum atomic E-state index is -0.869. The quantitative estimate of drug-likeness (QED) is 0.772. The number of hydrogen-bond donors (Lipinski definition) is 2. The number of carboxylic acids is 1. The molecule has 0 heterocycles. The summed E-state index contributed by atoms with van der Waals surface area (Å²) in [5.74, 6) is -0.364. The molecule has 3 heteroatoms. The number of benzene rings is 1. The van der Waals surface area contributed by atoms with Gasteiger partial charge in [0.1, 0.15) is 5.25 Å². The summed E-state index contributed by atoms with van der Waals surface area (Å²) in [5.41, 5.74) is 2.28. The first kappa shape index (κ1) is 12.1. The molecule has 1 atom stereocenters. The lowest BCUT2D eigenvalue weighted by molar-refractivity contribution is -0.136. The van der Waals surface area contributed by atoms with Gasteiger partial charge in [0.25, 0.3) is 0 Å². The van der Waals surface area contributed by atoms with Crippen molar-refractivity contribution in [3.63, 3.8) is 0 Å². The SMILES string of the molecule is CC(C)c1ccc(CC(S)C(=O)O)cc1. The van der Waals surface area contributed by atoms with Gasteiger partial charge in [0.05, 0.1) is 0 Å². The lowest BCUT2D eigenvalue weighted by atomic mass is 10.0. The van der Waals surface area contributed by atoms with Crippen molar-refractivity contribution in [2.24, 2.45) is 0 Å². The molecule has 0 saturated carbocycles. The van der Waals surface area contributed by atoms with E-state index in [4.69, 9.17) is 5.11 Å². The van der Waals surface area contributed by atoms with E-state index in [2.05, 4.69) is 26.5 Å². The topological polar surface area (TPSA) is 37.3 Å². The molecule has 0 aromatic heterocycles. The Morgan fingerprint density at radius 3 is 2.27 bits per heavy atom. The maximum Gasteiger partial charge on any atom is 0.316 e. The number of thiol groups is 1. The van der Waals surface area contributed by atoms with E-state index < -0.39 is 11.2 Å². The first-order valence-corrected chi connectivity index (χ1v) is 5.52. The zero-order valence-corrected chi connectivity index (χ0v) is 9.87. The molecule has 0 radical (unpaired) electrons. The molecule has 0 saturated heterocycles. The summed E-state index contributed by atoms with van der Waals surface area (Å²) in [6.45, 7) is 4.27. The monoisotopic (exact) mass is 224 g/mol. The van der Waals surface area contributed by atoms with Crippen LogP contribution >= 0.6 is 12.6 Å². The van der Waals surface area contributed by atoms with Crippen LogP contribution in [0.15, 0.2) is 24.3 Å². The summed E-state index contributed by atoms with van der Waals surface area (Å²) in [7, 11) is 0. The van der Waals surface area contributed by atoms with E-state index >= 15 is 0 Å². The molecule has 0 spiro atoms. The minimum absolute atomic E-state index is 0.469. The number of hydrogen-bond acceptors (Lipinski definition) is 2. The fraction of sp³-hybridized carbons (Fsp3) is 0.417. The van der Waals surface area contributed by atoms with Crippen molar-refractivity contribution in [2.45, 2.75) is 31.4 Å². The van der Waals surface area contributed by atoms with E-state index in [1.807, 2.05) is 24.3 Å². The van der Waals surface area contributed by atoms with Crippen molar-refractivity contribution in [2.75, 3.05) is 0 Å². The van der Waals surface area contributed by atoms with Gasteiger partial charge < -0.3 is 5.11 Å². The van der Waals surface area contributed by atoms with Gasteiger partial charge in [-0.2, -0.15) is 12.6 Å². The zero-order valence-electron chi connectivity index (χ0n) is 8.97. The van der Waals surface area contributed by atoms with Crippen LogP contribution in [0.5, 0.6) is 0 Å². The minimum Gasteiger partial charge on any atom is -0.480 e. The summed E-state index contributed by atoms with van der Waals surface area (Å²) in [6.07, 6.45) is 0.469. The van der Waals surface area contributed by atoms with Crippen LogP contribution in [0.1, 0.15) is 30.9 Å². The first-order valence-electron chi connectivity index (χ1n) is 5.00. The lowest BCUT2D eigenvalue weighted by Crippen LogP contribution is -2.16. The number of carboxylic acid groups (broad SMARTS) is 1. The molecule has 0 bridgehead atoms. The Hall–Kier alpha value is -0.960. The second kappa shape index (κ2) is 5.21. The molecule has 0 aliphatic carbocycles. The molecule has 82 valence electrons. The molecule has 1 unspecified atom stereocenters. The average molecular weight is 224 g/mol. The van der Waals surface area contributed by atoms with Gasteiger partial charge in [0.15, 0.2) is 0 Å². The van der Waals surface area contributed by atoms with Crippen LogP contribution in [0.3, 0.4) is 0 Å². The zero-order chi connectivity index (χ0) is 11.4. The summed E-state index contributed by atoms with van der Waals surface area (Å²) in [6, 6.07) is 8.04. The standard InChI is InChI=1S/C12H16O2S/c1-8(2)10-5-3-9(4-6-10)7-11(15)12(13)14/h3-6,8,11,15H,7H2,1-2H3,(H,13,14). The van der Waals surface area contributed by atoms with Gasteiger partial charge >= 0.3 is 5.97 Å². The molecule has 1 aromatic carbocycles. The maximum absolute atomic E-state index is 10.6. The van der Waals surface area contributed by atoms with Crippen molar-refractivity contribution in [3.05, 3.63) is 35.4 Å². The smallest absolute Gasteiger partial charge is 0.316 e. The molecule has 2 nitrogen and oxygen atoms in total. The summed E-state index contributed by atoms with van der Waals surface area (Å²) in [4.78, 5) is 10.6. The van der Waals surface area contributed by atoms with Crippen LogP contribution in [0, 0.1) is 0 Å². The molecule has 1 aromatic rings. The Kier molecular flexibility index (Phi) is 4.21. The van der Waals surface area contributed by atoms with Gasteiger partial charge in [-0.1, -0.05) is 38.1 Å². The molecule has 1 N–H and O–H groups in total. The van der Waals surface area contributed by atoms with Gasteiger partial charge in [-0.3, -0.25) is 4.79 Å². The third kappa shape index (κ3) is 3.59. The fourth-order valence-corrected chi connectivity index (χ4v) is 1.56. The average Bonchev–Trinajstić information content (AvgIpc) is 2.18. The molecule has 0 fully saturated rings. The molecular weight excluding hydrogens is 208 g/mol. The highest BCUT2D eigenvalue weighted by Gasteiger charge is 2.12. The Labute approximate surface area is 95.7 Å². The summed E-state index contributed by atoms with van der Waals surface area (Å²) < 4.78 is 0. The summed E-state index contributed by atoms with van der Waals surface area (Å²) in [5, 5.41) is 8.09. The van der Waals surface area contributed by atoms with Crippen molar-refractivity contribution >= 4 is 18.6 Å². The van der Waals surface area contributed by atoms with Gasteiger partial charge in [0, 0.05) is 0 Å². The van der Waals surface area contributed by atoms with Crippen LogP contribution < -0.4 is 0 Å². The second-order valence-electron chi connectivity index (χ2n) is 3.95. The molecular formula is C12H16O2S. The highest BCUT2D eigenvalue weighted by molar-refractivity contribution is 7.81. The lowest BCUT2D eigenvalue weighted by Gasteiger charge is -2.08. The third-order valence-electron chi connectivity index (χ3n) is 2.36. The van der Waals surface area contributed by atoms with Crippen LogP contribution in [0.2, 0.25) is 0 Å². The van der Waals surface area contributed by atoms with Crippen molar-refractivity contribution in [3.8, 4) is 0 Å². The first-order chi connectivity index (χ1) is 7.00. The van der Waals surface area contributed by atoms with E-state index in [0.29, 0.717) is 12.3 Å². The van der Waals surface area contributed by atoms with E-state index in [-0.39, 0.29) is 0 Å². The molecule has 15 heavy (non-hydrogen) atoms. The largest absolute Gasteiger partial charge is 0.480 e.